The van der Waals surface area contributed by atoms with E-state index in [4.69, 9.17) is 0 Å². The van der Waals surface area contributed by atoms with Crippen molar-refractivity contribution in [2.75, 3.05) is 0 Å². The molecule has 0 bridgehead atoms. The minimum Gasteiger partial charge on any atom is -0.200 e. The van der Waals surface area contributed by atoms with Crippen LogP contribution in [0.2, 0.25) is 0 Å². The lowest BCUT2D eigenvalue weighted by Gasteiger charge is -2.18. The van der Waals surface area contributed by atoms with Crippen LogP contribution >= 0.6 is 23.2 Å². The number of rotatable bonds is 2. The van der Waals surface area contributed by atoms with E-state index in [1.165, 1.54) is 0 Å². The highest BCUT2D eigenvalue weighted by atomic mass is 35.5. The largest absolute Gasteiger partial charge is 0.391 e. The first kappa shape index (κ1) is 11.9. The maximum atomic E-state index is 11.9. The van der Waals surface area contributed by atoms with Crippen LogP contribution in [0.3, 0.4) is 0 Å². The Bertz CT molecular complexity index is 200. The molecule has 0 amide bonds. The summed E-state index contributed by atoms with van der Waals surface area (Å²) in [6.07, 6.45) is 0. The van der Waals surface area contributed by atoms with Crippen molar-refractivity contribution in [2.24, 2.45) is 0 Å². The van der Waals surface area contributed by atoms with Crippen molar-refractivity contribution in [3.63, 3.8) is 0 Å². The first-order valence-electron chi connectivity index (χ1n) is 2.26. The quantitative estimate of drug-likeness (QED) is 0.502. The van der Waals surface area contributed by atoms with Crippen molar-refractivity contribution in [1.29, 1.82) is 0 Å². The summed E-state index contributed by atoms with van der Waals surface area (Å²) in [4.78, 5) is 0. The Morgan fingerprint density at radius 1 is 1.00 bits per heavy atom. The number of halogens is 8. The summed E-state index contributed by atoms with van der Waals surface area (Å²) in [7, 11) is 0. The molecule has 0 fully saturated rings. The highest BCUT2D eigenvalue weighted by Gasteiger charge is 2.60. The van der Waals surface area contributed by atoms with Crippen molar-refractivity contribution >= 4 is 23.2 Å². The molecule has 0 rings (SSSR count). The van der Waals surface area contributed by atoms with E-state index in [0.717, 1.165) is 0 Å². The predicted molar refractivity (Wildman–Crippen MR) is 30.8 cm³/mol. The minimum absolute atomic E-state index is 2.56. The highest BCUT2D eigenvalue weighted by Crippen LogP contribution is 2.44. The van der Waals surface area contributed by atoms with E-state index in [1.807, 2.05) is 0 Å². The van der Waals surface area contributed by atoms with Crippen LogP contribution in [0.1, 0.15) is 0 Å². The maximum absolute atomic E-state index is 11.9. The van der Waals surface area contributed by atoms with Gasteiger partial charge in [-0.2, -0.15) is 22.0 Å². The van der Waals surface area contributed by atoms with Gasteiger partial charge in [0, 0.05) is 0 Å². The summed E-state index contributed by atoms with van der Waals surface area (Å²) < 4.78 is 70.5. The van der Waals surface area contributed by atoms with Gasteiger partial charge in [0.25, 0.3) is 0 Å². The summed E-state index contributed by atoms with van der Waals surface area (Å²) >= 11 is 7.87. The molecule has 0 aromatic heterocycles. The average Bonchev–Trinajstić information content (AvgIpc) is 1.83. The predicted octanol–water partition coefficient (Wildman–Crippen LogP) is 3.80. The van der Waals surface area contributed by atoms with Crippen molar-refractivity contribution in [1.82, 2.24) is 0 Å². The summed E-state index contributed by atoms with van der Waals surface area (Å²) in [6, 6.07) is 0. The van der Waals surface area contributed by atoms with Crippen LogP contribution in [-0.4, -0.2) is 11.3 Å². The summed E-state index contributed by atoms with van der Waals surface area (Å²) in [6.45, 7) is 0. The molecule has 0 unspecified atom stereocenters. The molecule has 0 radical (unpaired) electrons. The molecule has 0 N–H and O–H groups in total. The molecule has 12 heavy (non-hydrogen) atoms. The lowest BCUT2D eigenvalue weighted by Crippen LogP contribution is -2.36. The van der Waals surface area contributed by atoms with Gasteiger partial charge in [-0.1, -0.05) is 0 Å². The van der Waals surface area contributed by atoms with Crippen LogP contribution in [0.5, 0.6) is 0 Å². The van der Waals surface area contributed by atoms with Gasteiger partial charge in [0.05, 0.1) is 0 Å². The fourth-order valence-corrected chi connectivity index (χ4v) is 0.445. The Balaban J connectivity index is 5.01. The molecular formula is C4Cl2F6. The second-order valence-corrected chi connectivity index (χ2v) is 2.45. The van der Waals surface area contributed by atoms with Crippen LogP contribution in [0.15, 0.2) is 11.1 Å². The van der Waals surface area contributed by atoms with Crippen molar-refractivity contribution in [3.05, 3.63) is 11.1 Å². The van der Waals surface area contributed by atoms with Gasteiger partial charge in [0.1, 0.15) is 0 Å². The third kappa shape index (κ3) is 2.20. The smallest absolute Gasteiger partial charge is 0.200 e. The molecule has 0 aliphatic heterocycles. The van der Waals surface area contributed by atoms with E-state index < -0.39 is 22.4 Å². The zero-order valence-corrected chi connectivity index (χ0v) is 6.54. The molecule has 0 spiro atoms. The third-order valence-corrected chi connectivity index (χ3v) is 1.20. The Morgan fingerprint density at radius 3 is 1.42 bits per heavy atom. The van der Waals surface area contributed by atoms with Crippen LogP contribution in [0.25, 0.3) is 0 Å². The van der Waals surface area contributed by atoms with Gasteiger partial charge in [0.15, 0.2) is 0 Å². The lowest BCUT2D eigenvalue weighted by atomic mass is 10.3. The van der Waals surface area contributed by atoms with Crippen LogP contribution < -0.4 is 0 Å². The fourth-order valence-electron chi connectivity index (χ4n) is 0.243. The van der Waals surface area contributed by atoms with E-state index in [0.29, 0.717) is 0 Å². The van der Waals surface area contributed by atoms with Crippen LogP contribution in [0, 0.1) is 0 Å². The molecule has 0 aliphatic rings. The number of hydrogen-bond acceptors (Lipinski definition) is 0. The summed E-state index contributed by atoms with van der Waals surface area (Å²) in [5.41, 5.74) is 0. The number of hydrogen-bond donors (Lipinski definition) is 0. The lowest BCUT2D eigenvalue weighted by molar-refractivity contribution is -0.142. The van der Waals surface area contributed by atoms with E-state index in [9.17, 15) is 26.3 Å². The average molecular weight is 233 g/mol. The zero-order valence-electron chi connectivity index (χ0n) is 5.02. The topological polar surface area (TPSA) is 0 Å². The Hall–Kier alpha value is -0.100. The van der Waals surface area contributed by atoms with Gasteiger partial charge in [0.2, 0.25) is 11.1 Å². The van der Waals surface area contributed by atoms with Gasteiger partial charge >= 0.3 is 11.3 Å². The molecule has 72 valence electrons. The minimum atomic E-state index is -5.44. The molecule has 0 nitrogen and oxygen atoms in total. The molecule has 0 aliphatic carbocycles. The molecule has 0 atom stereocenters. The van der Waals surface area contributed by atoms with E-state index in [-0.39, 0.29) is 0 Å². The van der Waals surface area contributed by atoms with Gasteiger partial charge in [-0.25, -0.2) is 4.39 Å². The Labute approximate surface area is 72.7 Å². The Morgan fingerprint density at radius 2 is 1.33 bits per heavy atom. The standard InChI is InChI=1S/C4Cl2F6/c5-2(8)1(7)3(9,10)4(6,11)12/b2-1-. The first-order valence-corrected chi connectivity index (χ1v) is 3.02. The van der Waals surface area contributed by atoms with Gasteiger partial charge < -0.3 is 0 Å². The molecular weight excluding hydrogens is 233 g/mol. The third-order valence-electron chi connectivity index (χ3n) is 0.798. The van der Waals surface area contributed by atoms with Crippen molar-refractivity contribution in [3.8, 4) is 0 Å². The van der Waals surface area contributed by atoms with E-state index >= 15 is 0 Å². The SMILES string of the molecule is F/C(Cl)=C(\F)C(F)(F)C(F)(F)Cl. The number of allylic oxidation sites excluding steroid dienone is 1. The van der Waals surface area contributed by atoms with Crippen LogP contribution in [0.4, 0.5) is 26.3 Å². The molecule has 8 heteroatoms. The second kappa shape index (κ2) is 3.33. The van der Waals surface area contributed by atoms with E-state index in [2.05, 4.69) is 23.2 Å². The second-order valence-electron chi connectivity index (χ2n) is 1.65. The summed E-state index contributed by atoms with van der Waals surface area (Å²) in [5.74, 6) is -8.54. The summed E-state index contributed by atoms with van der Waals surface area (Å²) in [5, 5.41) is -7.77. The highest BCUT2D eigenvalue weighted by molar-refractivity contribution is 6.28. The Kier molecular flexibility index (Phi) is 3.31. The fraction of sp³-hybridized carbons (Fsp3) is 0.500. The molecule has 0 aromatic rings. The normalized spacial score (nSPS) is 16.0. The maximum Gasteiger partial charge on any atom is 0.391 e. The van der Waals surface area contributed by atoms with Gasteiger partial charge in [-0.15, -0.1) is 0 Å². The molecule has 0 heterocycles. The molecule has 0 aromatic carbocycles. The monoisotopic (exact) mass is 232 g/mol. The number of alkyl halides is 5. The van der Waals surface area contributed by atoms with Gasteiger partial charge in [-0.3, -0.25) is 0 Å². The molecule has 0 saturated heterocycles. The van der Waals surface area contributed by atoms with Crippen molar-refractivity contribution in [2.45, 2.75) is 11.3 Å². The van der Waals surface area contributed by atoms with Gasteiger partial charge in [-0.05, 0) is 23.2 Å². The first-order chi connectivity index (χ1) is 5.10. The molecule has 0 saturated carbocycles. The van der Waals surface area contributed by atoms with Crippen LogP contribution in [-0.2, 0) is 0 Å². The van der Waals surface area contributed by atoms with Crippen molar-refractivity contribution < 1.29 is 26.3 Å². The van der Waals surface area contributed by atoms with E-state index in [1.54, 1.807) is 0 Å². The zero-order chi connectivity index (χ0) is 10.2.